The highest BCUT2D eigenvalue weighted by Crippen LogP contribution is 2.57. The number of fused-ring (bicyclic) bond motifs is 5. The first-order valence-corrected chi connectivity index (χ1v) is 5.66. The Morgan fingerprint density at radius 3 is 2.57 bits per heavy atom. The molecule has 2 bridgehead atoms. The van der Waals surface area contributed by atoms with Gasteiger partial charge in [0.25, 0.3) is 0 Å². The van der Waals surface area contributed by atoms with Gasteiger partial charge in [0.05, 0.1) is 0 Å². The second-order valence-electron chi connectivity index (χ2n) is 4.10. The number of allylic oxidation sites excluding steroid dienone is 1. The molecule has 1 aromatic rings. The van der Waals surface area contributed by atoms with E-state index in [0.717, 1.165) is 6.42 Å². The summed E-state index contributed by atoms with van der Waals surface area (Å²) >= 11 is 11.8. The summed E-state index contributed by atoms with van der Waals surface area (Å²) in [4.78, 5) is 0. The first kappa shape index (κ1) is 8.82. The quantitative estimate of drug-likeness (QED) is 0.615. The largest absolute Gasteiger partial charge is 0.106 e. The second-order valence-corrected chi connectivity index (χ2v) is 5.05. The van der Waals surface area contributed by atoms with E-state index in [-0.39, 0.29) is 0 Å². The lowest BCUT2D eigenvalue weighted by atomic mass is 9.89. The fraction of sp³-hybridized carbons (Fsp3) is 0.333. The summed E-state index contributed by atoms with van der Waals surface area (Å²) in [5.74, 6) is 1.17. The molecule has 2 unspecified atom stereocenters. The molecular formula is C12H10Cl2. The second kappa shape index (κ2) is 3.01. The van der Waals surface area contributed by atoms with Crippen molar-refractivity contribution in [2.45, 2.75) is 24.7 Å². The predicted octanol–water partition coefficient (Wildman–Crippen LogP) is 4.35. The number of rotatable bonds is 0. The van der Waals surface area contributed by atoms with Crippen molar-refractivity contribution < 1.29 is 0 Å². The summed E-state index contributed by atoms with van der Waals surface area (Å²) in [6.45, 7) is 0. The average molecular weight is 225 g/mol. The third-order valence-electron chi connectivity index (χ3n) is 3.46. The highest BCUT2D eigenvalue weighted by molar-refractivity contribution is 6.56. The van der Waals surface area contributed by atoms with Crippen molar-refractivity contribution in [2.75, 3.05) is 0 Å². The van der Waals surface area contributed by atoms with E-state index in [1.165, 1.54) is 23.1 Å². The van der Waals surface area contributed by atoms with Gasteiger partial charge in [-0.05, 0) is 35.5 Å². The van der Waals surface area contributed by atoms with Crippen molar-refractivity contribution in [1.82, 2.24) is 0 Å². The Kier molecular flexibility index (Phi) is 1.90. The van der Waals surface area contributed by atoms with Gasteiger partial charge >= 0.3 is 0 Å². The minimum atomic E-state index is 0.493. The normalized spacial score (nSPS) is 28.0. The molecule has 1 aromatic carbocycles. The van der Waals surface area contributed by atoms with Crippen LogP contribution < -0.4 is 0 Å². The van der Waals surface area contributed by atoms with Gasteiger partial charge in [0.2, 0.25) is 0 Å². The Hall–Kier alpha value is -0.460. The molecule has 0 heterocycles. The van der Waals surface area contributed by atoms with Gasteiger partial charge in [-0.2, -0.15) is 0 Å². The highest BCUT2D eigenvalue weighted by atomic mass is 35.5. The molecule has 2 atom stereocenters. The molecule has 14 heavy (non-hydrogen) atoms. The Balaban J connectivity index is 2.16. The molecule has 2 aliphatic carbocycles. The van der Waals surface area contributed by atoms with Crippen LogP contribution in [0.15, 0.2) is 34.3 Å². The molecule has 0 radical (unpaired) electrons. The molecule has 3 rings (SSSR count). The number of hydrogen-bond acceptors (Lipinski definition) is 0. The van der Waals surface area contributed by atoms with Gasteiger partial charge in [-0.1, -0.05) is 47.5 Å². The number of halogens is 2. The van der Waals surface area contributed by atoms with Gasteiger partial charge in [-0.25, -0.2) is 0 Å². The summed E-state index contributed by atoms with van der Waals surface area (Å²) in [5.41, 5.74) is 4.20. The van der Waals surface area contributed by atoms with E-state index in [1.54, 1.807) is 0 Å². The minimum absolute atomic E-state index is 0.493. The molecule has 0 aliphatic heterocycles. The minimum Gasteiger partial charge on any atom is -0.0709 e. The molecule has 1 saturated carbocycles. The van der Waals surface area contributed by atoms with Crippen LogP contribution in [0.1, 0.15) is 35.8 Å². The zero-order valence-electron chi connectivity index (χ0n) is 7.63. The SMILES string of the molecule is ClC(Cl)=C1CC2CC1c1ccccc12. The van der Waals surface area contributed by atoms with Crippen molar-refractivity contribution >= 4 is 23.2 Å². The van der Waals surface area contributed by atoms with E-state index in [4.69, 9.17) is 23.2 Å². The van der Waals surface area contributed by atoms with Gasteiger partial charge < -0.3 is 0 Å². The molecule has 2 heteroatoms. The Bertz CT molecular complexity index is 416. The first-order chi connectivity index (χ1) is 6.77. The van der Waals surface area contributed by atoms with E-state index in [9.17, 15) is 0 Å². The van der Waals surface area contributed by atoms with Crippen LogP contribution in [0.4, 0.5) is 0 Å². The molecule has 2 aliphatic rings. The third-order valence-corrected chi connectivity index (χ3v) is 3.95. The lowest BCUT2D eigenvalue weighted by molar-refractivity contribution is 0.757. The lowest BCUT2D eigenvalue weighted by Crippen LogP contribution is -2.00. The van der Waals surface area contributed by atoms with E-state index in [1.807, 2.05) is 0 Å². The molecule has 0 nitrogen and oxygen atoms in total. The van der Waals surface area contributed by atoms with E-state index in [0.29, 0.717) is 16.3 Å². The van der Waals surface area contributed by atoms with Crippen molar-refractivity contribution in [2.24, 2.45) is 0 Å². The van der Waals surface area contributed by atoms with Crippen molar-refractivity contribution in [3.8, 4) is 0 Å². The van der Waals surface area contributed by atoms with Gasteiger partial charge in [0.15, 0.2) is 0 Å². The molecule has 0 amide bonds. The van der Waals surface area contributed by atoms with Gasteiger partial charge in [-0.15, -0.1) is 0 Å². The molecule has 0 N–H and O–H groups in total. The predicted molar refractivity (Wildman–Crippen MR) is 59.9 cm³/mol. The van der Waals surface area contributed by atoms with Crippen LogP contribution in [0.25, 0.3) is 0 Å². The Morgan fingerprint density at radius 2 is 1.86 bits per heavy atom. The maximum absolute atomic E-state index is 5.89. The molecule has 0 saturated heterocycles. The maximum Gasteiger partial charge on any atom is 0.106 e. The van der Waals surface area contributed by atoms with E-state index in [2.05, 4.69) is 24.3 Å². The summed E-state index contributed by atoms with van der Waals surface area (Å²) < 4.78 is 0.493. The van der Waals surface area contributed by atoms with Crippen LogP contribution in [0, 0.1) is 0 Å². The molecule has 1 fully saturated rings. The molecule has 0 spiro atoms. The number of hydrogen-bond donors (Lipinski definition) is 0. The first-order valence-electron chi connectivity index (χ1n) is 4.90. The zero-order valence-corrected chi connectivity index (χ0v) is 9.15. The molecule has 0 aromatic heterocycles. The van der Waals surface area contributed by atoms with E-state index >= 15 is 0 Å². The lowest BCUT2D eigenvalue weighted by Gasteiger charge is -2.17. The van der Waals surface area contributed by atoms with Crippen LogP contribution in [0.2, 0.25) is 0 Å². The summed E-state index contributed by atoms with van der Waals surface area (Å²) in [6.07, 6.45) is 2.27. The average Bonchev–Trinajstić information content (AvgIpc) is 2.75. The smallest absolute Gasteiger partial charge is 0.0709 e. The van der Waals surface area contributed by atoms with Gasteiger partial charge in [0.1, 0.15) is 4.49 Å². The standard InChI is InChI=1S/C12H10Cl2/c13-12(14)11-6-7-5-10(11)9-4-2-1-3-8(7)9/h1-4,7,10H,5-6H2. The van der Waals surface area contributed by atoms with Crippen LogP contribution in [0.3, 0.4) is 0 Å². The Labute approximate surface area is 93.5 Å². The van der Waals surface area contributed by atoms with Crippen LogP contribution in [-0.4, -0.2) is 0 Å². The monoisotopic (exact) mass is 224 g/mol. The topological polar surface area (TPSA) is 0 Å². The van der Waals surface area contributed by atoms with Crippen molar-refractivity contribution in [3.05, 3.63) is 45.5 Å². The highest BCUT2D eigenvalue weighted by Gasteiger charge is 2.40. The van der Waals surface area contributed by atoms with Crippen LogP contribution in [0.5, 0.6) is 0 Å². The zero-order chi connectivity index (χ0) is 9.71. The number of benzene rings is 1. The summed E-state index contributed by atoms with van der Waals surface area (Å²) in [7, 11) is 0. The van der Waals surface area contributed by atoms with E-state index < -0.39 is 0 Å². The van der Waals surface area contributed by atoms with Gasteiger partial charge in [0, 0.05) is 5.92 Å². The van der Waals surface area contributed by atoms with Gasteiger partial charge in [-0.3, -0.25) is 0 Å². The summed E-state index contributed by atoms with van der Waals surface area (Å²) in [6, 6.07) is 8.65. The summed E-state index contributed by atoms with van der Waals surface area (Å²) in [5, 5.41) is 0. The van der Waals surface area contributed by atoms with Crippen molar-refractivity contribution in [3.63, 3.8) is 0 Å². The maximum atomic E-state index is 5.89. The van der Waals surface area contributed by atoms with Crippen LogP contribution >= 0.6 is 23.2 Å². The molecular weight excluding hydrogens is 215 g/mol. The fourth-order valence-electron chi connectivity index (χ4n) is 2.88. The fourth-order valence-corrected chi connectivity index (χ4v) is 3.30. The van der Waals surface area contributed by atoms with Crippen molar-refractivity contribution in [1.29, 1.82) is 0 Å². The van der Waals surface area contributed by atoms with Crippen LogP contribution in [-0.2, 0) is 0 Å². The molecule has 72 valence electrons. The Morgan fingerprint density at radius 1 is 1.14 bits per heavy atom. The third kappa shape index (κ3) is 1.07.